The van der Waals surface area contributed by atoms with Crippen LogP contribution in [0, 0.1) is 0 Å². The Morgan fingerprint density at radius 1 is 1.50 bits per heavy atom. The SMILES string of the molecule is CCc1nnsc1C(=O)Cc1ccc(Br)cc1Cl. The number of rotatable bonds is 4. The van der Waals surface area contributed by atoms with Crippen molar-refractivity contribution in [3.8, 4) is 0 Å². The fraction of sp³-hybridized carbons (Fsp3) is 0.250. The smallest absolute Gasteiger partial charge is 0.180 e. The first-order valence-corrected chi connectivity index (χ1v) is 7.34. The molecule has 1 heterocycles. The average molecular weight is 346 g/mol. The van der Waals surface area contributed by atoms with Crippen LogP contribution in [0.1, 0.15) is 27.9 Å². The molecule has 1 aromatic heterocycles. The Hall–Kier alpha value is -0.780. The molecule has 2 aromatic rings. The van der Waals surface area contributed by atoms with Crippen LogP contribution in [0.2, 0.25) is 5.02 Å². The van der Waals surface area contributed by atoms with Gasteiger partial charge in [-0.3, -0.25) is 4.79 Å². The van der Waals surface area contributed by atoms with Gasteiger partial charge in [-0.25, -0.2) is 0 Å². The molecule has 2 rings (SSSR count). The van der Waals surface area contributed by atoms with E-state index < -0.39 is 0 Å². The Morgan fingerprint density at radius 3 is 2.94 bits per heavy atom. The number of Topliss-reactive ketones (excluding diaryl/α,β-unsaturated/α-hetero) is 1. The maximum atomic E-state index is 12.2. The molecule has 0 saturated heterocycles. The molecular formula is C12H10BrClN2OS. The number of aromatic nitrogens is 2. The molecule has 0 unspecified atom stereocenters. The summed E-state index contributed by atoms with van der Waals surface area (Å²) < 4.78 is 4.72. The van der Waals surface area contributed by atoms with Crippen LogP contribution >= 0.6 is 39.1 Å². The molecule has 0 radical (unpaired) electrons. The highest BCUT2D eigenvalue weighted by Crippen LogP contribution is 2.23. The lowest BCUT2D eigenvalue weighted by Gasteiger charge is -2.03. The molecule has 0 aliphatic rings. The molecule has 0 atom stereocenters. The minimum Gasteiger partial charge on any atom is -0.293 e. The number of aryl methyl sites for hydroxylation is 1. The zero-order valence-electron chi connectivity index (χ0n) is 9.61. The van der Waals surface area contributed by atoms with E-state index in [9.17, 15) is 4.79 Å². The van der Waals surface area contributed by atoms with Gasteiger partial charge in [0.15, 0.2) is 5.78 Å². The predicted molar refractivity (Wildman–Crippen MR) is 76.5 cm³/mol. The van der Waals surface area contributed by atoms with Gasteiger partial charge >= 0.3 is 0 Å². The van der Waals surface area contributed by atoms with Gasteiger partial charge in [0.2, 0.25) is 0 Å². The summed E-state index contributed by atoms with van der Waals surface area (Å²) in [7, 11) is 0. The fourth-order valence-electron chi connectivity index (χ4n) is 1.57. The predicted octanol–water partition coefficient (Wildman–Crippen LogP) is 3.94. The number of hydrogen-bond acceptors (Lipinski definition) is 4. The number of benzene rings is 1. The second-order valence-electron chi connectivity index (χ2n) is 3.74. The summed E-state index contributed by atoms with van der Waals surface area (Å²) in [6, 6.07) is 5.51. The second-order valence-corrected chi connectivity index (χ2v) is 5.81. The summed E-state index contributed by atoms with van der Waals surface area (Å²) >= 11 is 10.6. The fourth-order valence-corrected chi connectivity index (χ4v) is 3.00. The van der Waals surface area contributed by atoms with Gasteiger partial charge in [0.25, 0.3) is 0 Å². The zero-order valence-corrected chi connectivity index (χ0v) is 12.8. The van der Waals surface area contributed by atoms with Crippen LogP contribution in [0.25, 0.3) is 0 Å². The van der Waals surface area contributed by atoms with Crippen molar-refractivity contribution >= 4 is 44.8 Å². The van der Waals surface area contributed by atoms with E-state index in [0.717, 1.165) is 27.3 Å². The minimum absolute atomic E-state index is 0.0195. The Bertz CT molecular complexity index is 585. The van der Waals surface area contributed by atoms with E-state index in [2.05, 4.69) is 25.5 Å². The second kappa shape index (κ2) is 5.91. The Balaban J connectivity index is 2.21. The zero-order chi connectivity index (χ0) is 13.1. The molecule has 0 fully saturated rings. The molecule has 6 heteroatoms. The van der Waals surface area contributed by atoms with Crippen molar-refractivity contribution in [3.05, 3.63) is 43.8 Å². The molecule has 94 valence electrons. The molecule has 0 bridgehead atoms. The van der Waals surface area contributed by atoms with Gasteiger partial charge < -0.3 is 0 Å². The van der Waals surface area contributed by atoms with Crippen LogP contribution in [0.4, 0.5) is 0 Å². The number of carbonyl (C=O) groups is 1. The highest BCUT2D eigenvalue weighted by atomic mass is 79.9. The number of ketones is 1. The van der Waals surface area contributed by atoms with Gasteiger partial charge in [0.05, 0.1) is 5.69 Å². The van der Waals surface area contributed by atoms with Crippen molar-refractivity contribution < 1.29 is 4.79 Å². The first-order chi connectivity index (χ1) is 8.61. The topological polar surface area (TPSA) is 42.9 Å². The van der Waals surface area contributed by atoms with Gasteiger partial charge in [0.1, 0.15) is 4.88 Å². The molecule has 0 aliphatic heterocycles. The lowest BCUT2D eigenvalue weighted by atomic mass is 10.1. The highest BCUT2D eigenvalue weighted by Gasteiger charge is 2.16. The number of nitrogens with zero attached hydrogens (tertiary/aromatic N) is 2. The van der Waals surface area contributed by atoms with Crippen molar-refractivity contribution in [2.24, 2.45) is 0 Å². The first kappa shape index (κ1) is 13.6. The third-order valence-corrected chi connectivity index (χ3v) is 4.16. The lowest BCUT2D eigenvalue weighted by molar-refractivity contribution is 0.0996. The van der Waals surface area contributed by atoms with Gasteiger partial charge in [-0.2, -0.15) is 0 Å². The summed E-state index contributed by atoms with van der Waals surface area (Å²) in [4.78, 5) is 12.8. The van der Waals surface area contributed by atoms with Crippen LogP contribution < -0.4 is 0 Å². The Kier molecular flexibility index (Phi) is 4.48. The van der Waals surface area contributed by atoms with Crippen LogP contribution in [0.3, 0.4) is 0 Å². The number of hydrogen-bond donors (Lipinski definition) is 0. The molecule has 0 saturated carbocycles. The molecule has 1 aromatic carbocycles. The summed E-state index contributed by atoms with van der Waals surface area (Å²) in [5.74, 6) is 0.0195. The molecular weight excluding hydrogens is 336 g/mol. The standard InChI is InChI=1S/C12H10BrClN2OS/c1-2-10-12(18-16-15-10)11(17)5-7-3-4-8(13)6-9(7)14/h3-4,6H,2,5H2,1H3. The van der Waals surface area contributed by atoms with Crippen molar-refractivity contribution in [2.45, 2.75) is 19.8 Å². The maximum absolute atomic E-state index is 12.2. The van der Waals surface area contributed by atoms with Crippen molar-refractivity contribution in [1.29, 1.82) is 0 Å². The van der Waals surface area contributed by atoms with Gasteiger partial charge in [0, 0.05) is 15.9 Å². The highest BCUT2D eigenvalue weighted by molar-refractivity contribution is 9.10. The van der Waals surface area contributed by atoms with Crippen LogP contribution in [0.5, 0.6) is 0 Å². The van der Waals surface area contributed by atoms with Crippen molar-refractivity contribution in [3.63, 3.8) is 0 Å². The van der Waals surface area contributed by atoms with E-state index >= 15 is 0 Å². The van der Waals surface area contributed by atoms with E-state index in [1.54, 1.807) is 6.07 Å². The van der Waals surface area contributed by atoms with Crippen LogP contribution in [-0.2, 0) is 12.8 Å². The van der Waals surface area contributed by atoms with E-state index in [1.165, 1.54) is 0 Å². The molecule has 18 heavy (non-hydrogen) atoms. The van der Waals surface area contributed by atoms with E-state index in [4.69, 9.17) is 11.6 Å². The molecule has 0 spiro atoms. The van der Waals surface area contributed by atoms with Crippen LogP contribution in [0.15, 0.2) is 22.7 Å². The third-order valence-electron chi connectivity index (χ3n) is 2.51. The van der Waals surface area contributed by atoms with Gasteiger partial charge in [-0.15, -0.1) is 5.10 Å². The monoisotopic (exact) mass is 344 g/mol. The number of carbonyl (C=O) groups excluding carboxylic acids is 1. The van der Waals surface area contributed by atoms with Gasteiger partial charge in [-0.05, 0) is 35.6 Å². The average Bonchev–Trinajstić information content (AvgIpc) is 2.81. The molecule has 0 amide bonds. The summed E-state index contributed by atoms with van der Waals surface area (Å²) in [6.45, 7) is 1.96. The molecule has 0 N–H and O–H groups in total. The molecule has 0 aliphatic carbocycles. The maximum Gasteiger partial charge on any atom is 0.180 e. The summed E-state index contributed by atoms with van der Waals surface area (Å²) in [5, 5.41) is 4.53. The number of halogens is 2. The largest absolute Gasteiger partial charge is 0.293 e. The quantitative estimate of drug-likeness (QED) is 0.788. The summed E-state index contributed by atoms with van der Waals surface area (Å²) in [6.07, 6.45) is 0.995. The molecule has 3 nitrogen and oxygen atoms in total. The lowest BCUT2D eigenvalue weighted by Crippen LogP contribution is -2.05. The third kappa shape index (κ3) is 2.96. The normalized spacial score (nSPS) is 10.6. The summed E-state index contributed by atoms with van der Waals surface area (Å²) in [5.41, 5.74) is 1.58. The minimum atomic E-state index is 0.0195. The Morgan fingerprint density at radius 2 is 2.28 bits per heavy atom. The van der Waals surface area contributed by atoms with Crippen molar-refractivity contribution in [1.82, 2.24) is 9.59 Å². The van der Waals surface area contributed by atoms with Crippen LogP contribution in [-0.4, -0.2) is 15.4 Å². The van der Waals surface area contributed by atoms with Crippen molar-refractivity contribution in [2.75, 3.05) is 0 Å². The van der Waals surface area contributed by atoms with E-state index in [1.807, 2.05) is 19.1 Å². The first-order valence-electron chi connectivity index (χ1n) is 5.40. The Labute approximate surface area is 122 Å². The van der Waals surface area contributed by atoms with E-state index in [-0.39, 0.29) is 12.2 Å². The van der Waals surface area contributed by atoms with E-state index in [0.29, 0.717) is 16.3 Å². The van der Waals surface area contributed by atoms with Gasteiger partial charge in [-0.1, -0.05) is 45.0 Å².